The lowest BCUT2D eigenvalue weighted by Gasteiger charge is -2.22. The lowest BCUT2D eigenvalue weighted by atomic mass is 9.90. The molecule has 5 rings (SSSR count). The van der Waals surface area contributed by atoms with Gasteiger partial charge in [0.05, 0.1) is 11.9 Å². The number of nitrogens with one attached hydrogen (secondary N) is 3. The molecular formula is C32H32N4O5S. The minimum absolute atomic E-state index is 0.0795. The van der Waals surface area contributed by atoms with Crippen molar-refractivity contribution in [2.75, 3.05) is 11.9 Å². The van der Waals surface area contributed by atoms with Crippen molar-refractivity contribution in [2.24, 2.45) is 11.7 Å². The molecule has 0 unspecified atom stereocenters. The number of fused-ring (bicyclic) bond motifs is 3. The number of aryl methyl sites for hydroxylation is 1. The molecular weight excluding hydrogens is 552 g/mol. The van der Waals surface area contributed by atoms with Crippen LogP contribution in [-0.2, 0) is 6.61 Å². The Balaban J connectivity index is 0.00000129. The summed E-state index contributed by atoms with van der Waals surface area (Å²) in [5.41, 5.74) is 9.08. The molecule has 0 spiro atoms. The van der Waals surface area contributed by atoms with E-state index >= 15 is 0 Å². The topological polar surface area (TPSA) is 155 Å². The van der Waals surface area contributed by atoms with E-state index in [1.54, 1.807) is 35.6 Å². The van der Waals surface area contributed by atoms with Crippen molar-refractivity contribution in [3.8, 4) is 27.3 Å². The number of anilines is 1. The van der Waals surface area contributed by atoms with Crippen LogP contribution in [0.5, 0.6) is 5.75 Å². The maximum absolute atomic E-state index is 13.7. The quantitative estimate of drug-likeness (QED) is 0.129. The second-order valence-corrected chi connectivity index (χ2v) is 11.0. The minimum atomic E-state index is -1.20. The molecule has 1 aliphatic rings. The van der Waals surface area contributed by atoms with Crippen molar-refractivity contribution >= 4 is 41.1 Å². The lowest BCUT2D eigenvalue weighted by Crippen LogP contribution is -2.27. The number of nitrogens with two attached hydrogens (primary N) is 1. The molecule has 1 aliphatic heterocycles. The molecule has 0 aliphatic carbocycles. The summed E-state index contributed by atoms with van der Waals surface area (Å²) in [4.78, 5) is 39.8. The molecule has 0 saturated heterocycles. The molecule has 6 N–H and O–H groups in total. The predicted molar refractivity (Wildman–Crippen MR) is 166 cm³/mol. The number of carboxylic acid groups (broad SMARTS) is 1. The van der Waals surface area contributed by atoms with Gasteiger partial charge in [0.25, 0.3) is 11.8 Å². The molecule has 1 aromatic heterocycles. The highest BCUT2D eigenvalue weighted by atomic mass is 32.1. The Bertz CT molecular complexity index is 1640. The summed E-state index contributed by atoms with van der Waals surface area (Å²) in [6, 6.07) is 17.4. The first-order chi connectivity index (χ1) is 20.1. The third kappa shape index (κ3) is 6.67. The van der Waals surface area contributed by atoms with Crippen LogP contribution in [0.25, 0.3) is 21.6 Å². The predicted octanol–water partition coefficient (Wildman–Crippen LogP) is 6.17. The lowest BCUT2D eigenvalue weighted by molar-refractivity contribution is 0.0697. The van der Waals surface area contributed by atoms with Gasteiger partial charge in [-0.3, -0.25) is 15.0 Å². The fourth-order valence-corrected chi connectivity index (χ4v) is 5.39. The van der Waals surface area contributed by atoms with Gasteiger partial charge in [0.1, 0.15) is 12.4 Å². The Labute approximate surface area is 247 Å². The van der Waals surface area contributed by atoms with Crippen LogP contribution in [0.1, 0.15) is 56.0 Å². The molecule has 3 aromatic carbocycles. The summed E-state index contributed by atoms with van der Waals surface area (Å²) >= 11 is 1.57. The molecule has 0 radical (unpaired) electrons. The van der Waals surface area contributed by atoms with Crippen molar-refractivity contribution in [3.05, 3.63) is 93.9 Å². The van der Waals surface area contributed by atoms with Gasteiger partial charge in [-0.25, -0.2) is 4.79 Å². The zero-order chi connectivity index (χ0) is 30.4. The molecule has 2 heterocycles. The molecule has 0 fully saturated rings. The van der Waals surface area contributed by atoms with Gasteiger partial charge in [0.15, 0.2) is 0 Å². The smallest absolute Gasteiger partial charge is 0.336 e. The van der Waals surface area contributed by atoms with Crippen LogP contribution in [-0.4, -0.2) is 35.8 Å². The maximum Gasteiger partial charge on any atom is 0.336 e. The number of benzene rings is 3. The van der Waals surface area contributed by atoms with E-state index in [2.05, 4.69) is 16.4 Å². The van der Waals surface area contributed by atoms with Crippen molar-refractivity contribution in [3.63, 3.8) is 0 Å². The third-order valence-corrected chi connectivity index (χ3v) is 7.51. The summed E-state index contributed by atoms with van der Waals surface area (Å²) in [5, 5.41) is 23.7. The van der Waals surface area contributed by atoms with E-state index in [4.69, 9.17) is 10.1 Å². The number of carbonyl (C=O) groups is 3. The molecule has 42 heavy (non-hydrogen) atoms. The van der Waals surface area contributed by atoms with Crippen molar-refractivity contribution < 1.29 is 24.2 Å². The average Bonchev–Trinajstić information content (AvgIpc) is 3.46. The first-order valence-electron chi connectivity index (χ1n) is 13.2. The zero-order valence-electron chi connectivity index (χ0n) is 23.5. The number of carboxylic acids is 1. The number of hydrogen-bond donors (Lipinski definition) is 5. The Morgan fingerprint density at radius 3 is 2.38 bits per heavy atom. The standard InChI is InChI=1S/C31H28N2O5S.CH4N2/c1-17(2)15-32-29(34)19-6-9-22(25(12-19)31(36)37)23-14-27-26(28-20(16-38-27)10-11-39-28)13-24(23)30(35)33-21-7-4-18(3)5-8-21;2-1-3/h4-14,17H,15-16H2,1-3H3,(H,32,34)(H,33,35)(H,36,37);1H,(H3,2,3). The molecule has 0 saturated carbocycles. The summed E-state index contributed by atoms with van der Waals surface area (Å²) in [6.45, 7) is 6.78. The van der Waals surface area contributed by atoms with Crippen LogP contribution in [0.4, 0.5) is 5.69 Å². The first kappa shape index (κ1) is 30.0. The largest absolute Gasteiger partial charge is 0.488 e. The molecule has 0 atom stereocenters. The number of aromatic carboxylic acids is 1. The summed E-state index contributed by atoms with van der Waals surface area (Å²) in [6.07, 6.45) is 0.750. The van der Waals surface area contributed by atoms with Gasteiger partial charge in [0.2, 0.25) is 0 Å². The summed E-state index contributed by atoms with van der Waals surface area (Å²) < 4.78 is 6.02. The first-order valence-corrected chi connectivity index (χ1v) is 14.1. The fourth-order valence-electron chi connectivity index (χ4n) is 4.46. The minimum Gasteiger partial charge on any atom is -0.488 e. The van der Waals surface area contributed by atoms with E-state index in [0.717, 1.165) is 27.9 Å². The normalized spacial score (nSPS) is 11.2. The van der Waals surface area contributed by atoms with Crippen LogP contribution >= 0.6 is 11.3 Å². The van der Waals surface area contributed by atoms with Gasteiger partial charge in [-0.15, -0.1) is 11.3 Å². The van der Waals surface area contributed by atoms with Gasteiger partial charge >= 0.3 is 5.97 Å². The number of carbonyl (C=O) groups excluding carboxylic acids is 2. The highest BCUT2D eigenvalue weighted by Gasteiger charge is 2.26. The monoisotopic (exact) mass is 584 g/mol. The molecule has 2 amide bonds. The number of amides is 2. The second-order valence-electron chi connectivity index (χ2n) is 10.1. The zero-order valence-corrected chi connectivity index (χ0v) is 24.3. The van der Waals surface area contributed by atoms with E-state index in [1.807, 2.05) is 56.5 Å². The third-order valence-electron chi connectivity index (χ3n) is 6.52. The molecule has 10 heteroatoms. The molecule has 4 aromatic rings. The summed E-state index contributed by atoms with van der Waals surface area (Å²) in [7, 11) is 0. The van der Waals surface area contributed by atoms with Crippen molar-refractivity contribution in [1.82, 2.24) is 5.32 Å². The summed E-state index contributed by atoms with van der Waals surface area (Å²) in [5.74, 6) is -1.11. The van der Waals surface area contributed by atoms with Gasteiger partial charge in [-0.05, 0) is 71.8 Å². The Morgan fingerprint density at radius 2 is 1.71 bits per heavy atom. The van der Waals surface area contributed by atoms with Crippen LogP contribution in [0, 0.1) is 18.3 Å². The van der Waals surface area contributed by atoms with Crippen molar-refractivity contribution in [1.29, 1.82) is 5.41 Å². The van der Waals surface area contributed by atoms with Gasteiger partial charge in [-0.1, -0.05) is 37.6 Å². The fraction of sp³-hybridized carbons (Fsp3) is 0.188. The number of ether oxygens (including phenoxy) is 1. The van der Waals surface area contributed by atoms with Gasteiger partial charge in [-0.2, -0.15) is 0 Å². The average molecular weight is 585 g/mol. The number of hydrogen-bond acceptors (Lipinski definition) is 6. The Hall–Kier alpha value is -4.96. The van der Waals surface area contributed by atoms with Crippen LogP contribution in [0.3, 0.4) is 0 Å². The Morgan fingerprint density at radius 1 is 1.00 bits per heavy atom. The van der Waals surface area contributed by atoms with E-state index < -0.39 is 5.97 Å². The number of thiophene rings is 1. The SMILES string of the molecule is Cc1ccc(NC(=O)c2cc3c(cc2-c2ccc(C(=O)NCC(C)C)cc2C(=O)O)OCc2ccsc2-3)cc1.N=CN. The highest BCUT2D eigenvalue weighted by molar-refractivity contribution is 7.13. The van der Waals surface area contributed by atoms with E-state index in [-0.39, 0.29) is 28.9 Å². The van der Waals surface area contributed by atoms with E-state index in [1.165, 1.54) is 6.07 Å². The second kappa shape index (κ2) is 13.1. The van der Waals surface area contributed by atoms with Crippen molar-refractivity contribution in [2.45, 2.75) is 27.4 Å². The van der Waals surface area contributed by atoms with E-state index in [0.29, 0.717) is 41.3 Å². The van der Waals surface area contributed by atoms with E-state index in [9.17, 15) is 19.5 Å². The highest BCUT2D eigenvalue weighted by Crippen LogP contribution is 2.45. The van der Waals surface area contributed by atoms with Crippen LogP contribution in [0.15, 0.2) is 66.0 Å². The molecule has 9 nitrogen and oxygen atoms in total. The number of rotatable bonds is 7. The van der Waals surface area contributed by atoms with Gasteiger partial charge in [0, 0.05) is 39.4 Å². The van der Waals surface area contributed by atoms with Crippen LogP contribution in [0.2, 0.25) is 0 Å². The molecule has 216 valence electrons. The van der Waals surface area contributed by atoms with Crippen LogP contribution < -0.4 is 21.1 Å². The Kier molecular flexibility index (Phi) is 9.39. The van der Waals surface area contributed by atoms with Gasteiger partial charge < -0.3 is 26.2 Å². The molecule has 0 bridgehead atoms. The maximum atomic E-state index is 13.7.